The van der Waals surface area contributed by atoms with E-state index >= 15 is 0 Å². The summed E-state index contributed by atoms with van der Waals surface area (Å²) in [6.07, 6.45) is 2.40. The van der Waals surface area contributed by atoms with Gasteiger partial charge in [0.2, 0.25) is 11.8 Å². The molecule has 6 heteroatoms. The number of piperidine rings is 1. The first-order valence-corrected chi connectivity index (χ1v) is 8.01. The number of amides is 2. The molecule has 2 aliphatic heterocycles. The third kappa shape index (κ3) is 2.74. The van der Waals surface area contributed by atoms with Crippen LogP contribution in [-0.4, -0.2) is 58.1 Å². The van der Waals surface area contributed by atoms with E-state index in [4.69, 9.17) is 0 Å². The Morgan fingerprint density at radius 3 is 2.68 bits per heavy atom. The van der Waals surface area contributed by atoms with Crippen LogP contribution >= 0.6 is 0 Å². The summed E-state index contributed by atoms with van der Waals surface area (Å²) in [6, 6.07) is 2.33. The third-order valence-corrected chi connectivity index (χ3v) is 4.79. The first-order valence-electron chi connectivity index (χ1n) is 8.01. The highest BCUT2D eigenvalue weighted by atomic mass is 16.2. The predicted octanol–water partition coefficient (Wildman–Crippen LogP) is 1.14. The third-order valence-electron chi connectivity index (χ3n) is 4.79. The molecule has 6 nitrogen and oxygen atoms in total. The van der Waals surface area contributed by atoms with Gasteiger partial charge >= 0.3 is 0 Å². The van der Waals surface area contributed by atoms with E-state index in [0.717, 1.165) is 30.8 Å². The molecule has 0 aromatic carbocycles. The van der Waals surface area contributed by atoms with Crippen LogP contribution in [0.25, 0.3) is 0 Å². The van der Waals surface area contributed by atoms with E-state index in [1.807, 2.05) is 11.8 Å². The van der Waals surface area contributed by atoms with Crippen molar-refractivity contribution >= 4 is 11.8 Å². The van der Waals surface area contributed by atoms with Crippen molar-refractivity contribution in [2.75, 3.05) is 26.7 Å². The second-order valence-electron chi connectivity index (χ2n) is 6.63. The highest BCUT2D eigenvalue weighted by molar-refractivity contribution is 5.89. The standard InChI is InChI=1S/C16H24N4O2/c1-11-7-12(2)20(17-11)14-5-4-6-19(10-14)16(22)13-8-15(21)18(3)9-13/h7,13-14H,4-6,8-10H2,1-3H3/t13-,14+/m0/s1. The van der Waals surface area contributed by atoms with Crippen molar-refractivity contribution in [3.05, 3.63) is 17.5 Å². The zero-order valence-electron chi connectivity index (χ0n) is 13.6. The van der Waals surface area contributed by atoms with Crippen molar-refractivity contribution in [3.63, 3.8) is 0 Å². The Morgan fingerprint density at radius 2 is 2.09 bits per heavy atom. The molecule has 0 bridgehead atoms. The molecule has 22 heavy (non-hydrogen) atoms. The van der Waals surface area contributed by atoms with E-state index < -0.39 is 0 Å². The molecule has 1 aromatic rings. The van der Waals surface area contributed by atoms with Crippen LogP contribution in [0.2, 0.25) is 0 Å². The smallest absolute Gasteiger partial charge is 0.228 e. The molecule has 120 valence electrons. The van der Waals surface area contributed by atoms with Crippen LogP contribution < -0.4 is 0 Å². The fraction of sp³-hybridized carbons (Fsp3) is 0.688. The number of likely N-dealkylation sites (tertiary alicyclic amines) is 2. The molecule has 2 saturated heterocycles. The Bertz CT molecular complexity index is 595. The van der Waals surface area contributed by atoms with E-state index in [2.05, 4.69) is 22.8 Å². The molecule has 2 aliphatic rings. The maximum Gasteiger partial charge on any atom is 0.228 e. The number of carbonyl (C=O) groups is 2. The Morgan fingerprint density at radius 1 is 1.32 bits per heavy atom. The largest absolute Gasteiger partial charge is 0.345 e. The normalized spacial score (nSPS) is 25.9. The molecule has 3 rings (SSSR count). The van der Waals surface area contributed by atoms with Crippen molar-refractivity contribution in [2.24, 2.45) is 5.92 Å². The van der Waals surface area contributed by atoms with Gasteiger partial charge in [-0.3, -0.25) is 14.3 Å². The molecule has 3 heterocycles. The van der Waals surface area contributed by atoms with Crippen LogP contribution in [0, 0.1) is 19.8 Å². The number of carbonyl (C=O) groups excluding carboxylic acids is 2. The van der Waals surface area contributed by atoms with Crippen LogP contribution in [0.1, 0.15) is 36.7 Å². The number of hydrogen-bond acceptors (Lipinski definition) is 3. The maximum atomic E-state index is 12.7. The van der Waals surface area contributed by atoms with Crippen molar-refractivity contribution in [1.82, 2.24) is 19.6 Å². The summed E-state index contributed by atoms with van der Waals surface area (Å²) in [4.78, 5) is 27.9. The molecule has 2 amide bonds. The number of aryl methyl sites for hydroxylation is 2. The summed E-state index contributed by atoms with van der Waals surface area (Å²) in [5.74, 6) is 0.0334. The van der Waals surface area contributed by atoms with Gasteiger partial charge < -0.3 is 9.80 Å². The minimum Gasteiger partial charge on any atom is -0.345 e. The quantitative estimate of drug-likeness (QED) is 0.823. The Balaban J connectivity index is 1.69. The Hall–Kier alpha value is -1.85. The molecule has 2 fully saturated rings. The number of hydrogen-bond donors (Lipinski definition) is 0. The summed E-state index contributed by atoms with van der Waals surface area (Å²) in [5, 5.41) is 4.57. The lowest BCUT2D eigenvalue weighted by atomic mass is 10.0. The van der Waals surface area contributed by atoms with Crippen LogP contribution in [0.3, 0.4) is 0 Å². The lowest BCUT2D eigenvalue weighted by Crippen LogP contribution is -2.44. The van der Waals surface area contributed by atoms with Gasteiger partial charge in [0.25, 0.3) is 0 Å². The zero-order valence-corrected chi connectivity index (χ0v) is 13.6. The number of nitrogens with zero attached hydrogens (tertiary/aromatic N) is 4. The maximum absolute atomic E-state index is 12.7. The molecular formula is C16H24N4O2. The Labute approximate surface area is 131 Å². The summed E-state index contributed by atoms with van der Waals surface area (Å²) in [5.41, 5.74) is 2.16. The lowest BCUT2D eigenvalue weighted by molar-refractivity contribution is -0.137. The summed E-state index contributed by atoms with van der Waals surface area (Å²) < 4.78 is 2.06. The first-order chi connectivity index (χ1) is 10.5. The molecule has 0 spiro atoms. The summed E-state index contributed by atoms with van der Waals surface area (Å²) >= 11 is 0. The fourth-order valence-corrected chi connectivity index (χ4v) is 3.66. The van der Waals surface area contributed by atoms with Gasteiger partial charge in [0.05, 0.1) is 17.7 Å². The topological polar surface area (TPSA) is 58.4 Å². The Kier molecular flexibility index (Phi) is 3.93. The van der Waals surface area contributed by atoms with Crippen molar-refractivity contribution < 1.29 is 9.59 Å². The number of rotatable bonds is 2. The summed E-state index contributed by atoms with van der Waals surface area (Å²) in [6.45, 7) is 6.11. The molecule has 1 aromatic heterocycles. The van der Waals surface area contributed by atoms with E-state index in [-0.39, 0.29) is 23.8 Å². The molecule has 0 N–H and O–H groups in total. The van der Waals surface area contributed by atoms with E-state index in [9.17, 15) is 9.59 Å². The highest BCUT2D eigenvalue weighted by Crippen LogP contribution is 2.26. The van der Waals surface area contributed by atoms with Gasteiger partial charge in [-0.1, -0.05) is 0 Å². The SMILES string of the molecule is Cc1cc(C)n([C@@H]2CCCN(C(=O)[C@H]3CC(=O)N(C)C3)C2)n1. The second kappa shape index (κ2) is 5.74. The van der Waals surface area contributed by atoms with Crippen LogP contribution in [-0.2, 0) is 9.59 Å². The first kappa shape index (κ1) is 15.1. The van der Waals surface area contributed by atoms with Gasteiger partial charge in [-0.25, -0.2) is 0 Å². The molecule has 0 saturated carbocycles. The van der Waals surface area contributed by atoms with E-state index in [1.165, 1.54) is 0 Å². The van der Waals surface area contributed by atoms with Crippen molar-refractivity contribution in [3.8, 4) is 0 Å². The van der Waals surface area contributed by atoms with Crippen molar-refractivity contribution in [1.29, 1.82) is 0 Å². The molecular weight excluding hydrogens is 280 g/mol. The molecule has 0 aliphatic carbocycles. The minimum atomic E-state index is -0.170. The van der Waals surface area contributed by atoms with Gasteiger partial charge in [-0.15, -0.1) is 0 Å². The average Bonchev–Trinajstić information content (AvgIpc) is 3.00. The second-order valence-corrected chi connectivity index (χ2v) is 6.63. The van der Waals surface area contributed by atoms with Crippen LogP contribution in [0.15, 0.2) is 6.07 Å². The lowest BCUT2D eigenvalue weighted by Gasteiger charge is -2.34. The van der Waals surface area contributed by atoms with Gasteiger partial charge in [0.1, 0.15) is 0 Å². The molecule has 0 radical (unpaired) electrons. The van der Waals surface area contributed by atoms with Crippen LogP contribution in [0.4, 0.5) is 0 Å². The average molecular weight is 304 g/mol. The fourth-order valence-electron chi connectivity index (χ4n) is 3.66. The van der Waals surface area contributed by atoms with Crippen LogP contribution in [0.5, 0.6) is 0 Å². The predicted molar refractivity (Wildman–Crippen MR) is 82.3 cm³/mol. The number of aromatic nitrogens is 2. The van der Waals surface area contributed by atoms with Gasteiger partial charge in [-0.05, 0) is 32.8 Å². The molecule has 2 atom stereocenters. The van der Waals surface area contributed by atoms with Gasteiger partial charge in [0.15, 0.2) is 0 Å². The van der Waals surface area contributed by atoms with Gasteiger partial charge in [-0.2, -0.15) is 5.10 Å². The minimum absolute atomic E-state index is 0.0745. The zero-order chi connectivity index (χ0) is 15.9. The summed E-state index contributed by atoms with van der Waals surface area (Å²) in [7, 11) is 1.77. The van der Waals surface area contributed by atoms with E-state index in [1.54, 1.807) is 11.9 Å². The van der Waals surface area contributed by atoms with E-state index in [0.29, 0.717) is 19.5 Å². The molecule has 0 unspecified atom stereocenters. The highest BCUT2D eigenvalue weighted by Gasteiger charge is 2.36. The van der Waals surface area contributed by atoms with Crippen molar-refractivity contribution in [2.45, 2.75) is 39.2 Å². The van der Waals surface area contributed by atoms with Gasteiger partial charge in [0, 0.05) is 38.8 Å². The monoisotopic (exact) mass is 304 g/mol.